The summed E-state index contributed by atoms with van der Waals surface area (Å²) in [5.41, 5.74) is 3.32. The van der Waals surface area contributed by atoms with Gasteiger partial charge < -0.3 is 25.8 Å². The quantitative estimate of drug-likeness (QED) is 0.213. The number of aromatic nitrogens is 2. The van der Waals surface area contributed by atoms with Crippen LogP contribution in [0.15, 0.2) is 50.9 Å². The van der Waals surface area contributed by atoms with Crippen LogP contribution in [0.25, 0.3) is 10.8 Å². The van der Waals surface area contributed by atoms with E-state index in [2.05, 4.69) is 9.71 Å². The number of aliphatic hydroxyl groups excluding tert-OH is 1. The second-order valence-electron chi connectivity index (χ2n) is 7.60. The Kier molecular flexibility index (Phi) is 9.71. The molecule has 1 heterocycles. The summed E-state index contributed by atoms with van der Waals surface area (Å²) in [7, 11) is -0.109. The van der Waals surface area contributed by atoms with Gasteiger partial charge in [-0.1, -0.05) is 24.3 Å². The van der Waals surface area contributed by atoms with E-state index < -0.39 is 32.9 Å². The summed E-state index contributed by atoms with van der Waals surface area (Å²) in [5.74, 6) is -1.44. The minimum absolute atomic E-state index is 0.0241. The fourth-order valence-corrected chi connectivity index (χ4v) is 4.67. The molecule has 0 radical (unpaired) electrons. The van der Waals surface area contributed by atoms with Crippen LogP contribution in [-0.4, -0.2) is 68.4 Å². The van der Waals surface area contributed by atoms with Crippen LogP contribution in [-0.2, 0) is 16.4 Å². The van der Waals surface area contributed by atoms with Crippen molar-refractivity contribution in [2.24, 2.45) is 5.73 Å². The molecule has 0 spiro atoms. The standard InChI is InChI=1S/C20H22N4O6S.C2H7NO/c1-24(2)15-9-3-7-13-12(15)6-4-10-16(13)31(29,30)21-11-5-8-14-17(19(26)27)22-20(28)23-18(14)25;3-1-2-4/h3-4,6-7,9-10,21H,5,8,11H2,1-2H3,(H,26,27)(H2,22,23,25,28);4H,1-3H2. The first-order valence-corrected chi connectivity index (χ1v) is 12.1. The number of anilines is 1. The molecule has 0 saturated carbocycles. The van der Waals surface area contributed by atoms with Gasteiger partial charge in [0, 0.05) is 49.2 Å². The zero-order chi connectivity index (χ0) is 26.2. The summed E-state index contributed by atoms with van der Waals surface area (Å²) >= 11 is 0. The maximum absolute atomic E-state index is 12.9. The van der Waals surface area contributed by atoms with E-state index in [0.717, 1.165) is 11.1 Å². The lowest BCUT2D eigenvalue weighted by molar-refractivity contribution is 0.0688. The van der Waals surface area contributed by atoms with Gasteiger partial charge in [-0.05, 0) is 25.0 Å². The summed E-state index contributed by atoms with van der Waals surface area (Å²) in [6, 6.07) is 10.4. The summed E-state index contributed by atoms with van der Waals surface area (Å²) in [6.07, 6.45) is 0.124. The van der Waals surface area contributed by atoms with Gasteiger partial charge >= 0.3 is 11.7 Å². The molecule has 0 unspecified atom stereocenters. The number of fused-ring (bicyclic) bond motifs is 1. The van der Waals surface area contributed by atoms with Crippen LogP contribution < -0.4 is 26.6 Å². The van der Waals surface area contributed by atoms with E-state index in [1.807, 2.05) is 36.1 Å². The maximum Gasteiger partial charge on any atom is 0.352 e. The largest absolute Gasteiger partial charge is 0.477 e. The third-order valence-corrected chi connectivity index (χ3v) is 6.43. The molecule has 3 rings (SSSR count). The normalized spacial score (nSPS) is 11.1. The number of nitrogens with zero attached hydrogens (tertiary/aromatic N) is 1. The number of rotatable bonds is 9. The first-order chi connectivity index (χ1) is 16.5. The number of aliphatic hydroxyl groups is 1. The van der Waals surface area contributed by atoms with Gasteiger partial charge in [0.1, 0.15) is 5.69 Å². The van der Waals surface area contributed by atoms with Crippen molar-refractivity contribution in [2.45, 2.75) is 17.7 Å². The van der Waals surface area contributed by atoms with Crippen molar-refractivity contribution in [2.75, 3.05) is 38.7 Å². The van der Waals surface area contributed by atoms with Crippen LogP contribution in [0.2, 0.25) is 0 Å². The Balaban J connectivity index is 0.00000100. The van der Waals surface area contributed by atoms with E-state index in [4.69, 9.17) is 10.8 Å². The van der Waals surface area contributed by atoms with Crippen LogP contribution in [0.1, 0.15) is 22.5 Å². The van der Waals surface area contributed by atoms with Crippen molar-refractivity contribution in [3.05, 3.63) is 68.5 Å². The number of benzene rings is 2. The zero-order valence-corrected chi connectivity index (χ0v) is 20.2. The summed E-state index contributed by atoms with van der Waals surface area (Å²) in [6.45, 7) is 0.448. The average molecular weight is 508 g/mol. The molecule has 2 aromatic carbocycles. The number of hydrogen-bond acceptors (Lipinski definition) is 8. The molecular weight excluding hydrogens is 478 g/mol. The summed E-state index contributed by atoms with van der Waals surface area (Å²) in [5, 5.41) is 18.3. The third kappa shape index (κ3) is 6.99. The van der Waals surface area contributed by atoms with Gasteiger partial charge in [0.05, 0.1) is 11.5 Å². The molecule has 3 aromatic rings. The molecule has 0 saturated heterocycles. The lowest BCUT2D eigenvalue weighted by atomic mass is 10.1. The van der Waals surface area contributed by atoms with Crippen LogP contribution in [0.5, 0.6) is 0 Å². The van der Waals surface area contributed by atoms with E-state index >= 15 is 0 Å². The molecular formula is C22H29N5O7S. The Hall–Kier alpha value is -3.52. The molecule has 1 aromatic heterocycles. The van der Waals surface area contributed by atoms with Crippen molar-refractivity contribution >= 4 is 32.5 Å². The predicted molar refractivity (Wildman–Crippen MR) is 133 cm³/mol. The van der Waals surface area contributed by atoms with Gasteiger partial charge in [-0.3, -0.25) is 9.78 Å². The predicted octanol–water partition coefficient (Wildman–Crippen LogP) is -0.171. The molecule has 0 amide bonds. The minimum atomic E-state index is -3.86. The lowest BCUT2D eigenvalue weighted by Gasteiger charge is -2.17. The number of nitrogens with two attached hydrogens (primary N) is 1. The Bertz CT molecular complexity index is 1400. The molecule has 13 heteroatoms. The first-order valence-electron chi connectivity index (χ1n) is 10.6. The van der Waals surface area contributed by atoms with Gasteiger partial charge in [-0.15, -0.1) is 0 Å². The molecule has 35 heavy (non-hydrogen) atoms. The highest BCUT2D eigenvalue weighted by atomic mass is 32.2. The van der Waals surface area contributed by atoms with E-state index in [0.29, 0.717) is 11.9 Å². The van der Waals surface area contributed by atoms with Gasteiger partial charge in [-0.2, -0.15) is 0 Å². The van der Waals surface area contributed by atoms with E-state index in [-0.39, 0.29) is 36.5 Å². The van der Waals surface area contributed by atoms with Crippen LogP contribution in [0.3, 0.4) is 0 Å². The minimum Gasteiger partial charge on any atom is -0.477 e. The highest BCUT2D eigenvalue weighted by Gasteiger charge is 2.19. The van der Waals surface area contributed by atoms with Crippen molar-refractivity contribution in [3.63, 3.8) is 0 Å². The maximum atomic E-state index is 12.9. The van der Waals surface area contributed by atoms with Crippen molar-refractivity contribution in [1.82, 2.24) is 14.7 Å². The number of aromatic amines is 2. The number of H-pyrrole nitrogens is 2. The average Bonchev–Trinajstić information content (AvgIpc) is 2.81. The number of nitrogens with one attached hydrogen (secondary N) is 3. The van der Waals surface area contributed by atoms with Gasteiger partial charge in [0.15, 0.2) is 0 Å². The Morgan fingerprint density at radius 2 is 1.71 bits per heavy atom. The third-order valence-electron chi connectivity index (χ3n) is 4.91. The highest BCUT2D eigenvalue weighted by Crippen LogP contribution is 2.30. The molecule has 7 N–H and O–H groups in total. The number of carboxylic acids is 1. The number of sulfonamides is 1. The Morgan fingerprint density at radius 1 is 1.09 bits per heavy atom. The van der Waals surface area contributed by atoms with Gasteiger partial charge in [0.2, 0.25) is 10.0 Å². The molecule has 0 aliphatic carbocycles. The number of carbonyl (C=O) groups is 1. The number of carboxylic acid groups (broad SMARTS) is 1. The van der Waals surface area contributed by atoms with Crippen LogP contribution in [0, 0.1) is 0 Å². The van der Waals surface area contributed by atoms with Crippen molar-refractivity contribution < 1.29 is 23.4 Å². The molecule has 190 valence electrons. The topological polar surface area (TPSA) is 199 Å². The number of aromatic carboxylic acids is 1. The van der Waals surface area contributed by atoms with E-state index in [9.17, 15) is 27.9 Å². The summed E-state index contributed by atoms with van der Waals surface area (Å²) in [4.78, 5) is 40.6. The Morgan fingerprint density at radius 3 is 2.31 bits per heavy atom. The molecule has 0 bridgehead atoms. The molecule has 0 aliphatic heterocycles. The van der Waals surface area contributed by atoms with E-state index in [1.54, 1.807) is 18.2 Å². The van der Waals surface area contributed by atoms with Crippen molar-refractivity contribution in [3.8, 4) is 0 Å². The highest BCUT2D eigenvalue weighted by molar-refractivity contribution is 7.89. The smallest absolute Gasteiger partial charge is 0.352 e. The second kappa shape index (κ2) is 12.3. The summed E-state index contributed by atoms with van der Waals surface area (Å²) < 4.78 is 28.3. The number of hydrogen-bond donors (Lipinski definition) is 6. The zero-order valence-electron chi connectivity index (χ0n) is 19.4. The molecule has 12 nitrogen and oxygen atoms in total. The molecule has 0 atom stereocenters. The fraction of sp³-hybridized carbons (Fsp3) is 0.318. The fourth-order valence-electron chi connectivity index (χ4n) is 3.37. The SMILES string of the molecule is CN(C)c1cccc2c(S(=O)(=O)NCCCc3c(C(=O)O)[nH]c(=O)[nH]c3=O)cccc12.NCCO. The monoisotopic (exact) mass is 507 g/mol. The first kappa shape index (κ1) is 27.7. The van der Waals surface area contributed by atoms with Crippen LogP contribution >= 0.6 is 0 Å². The van der Waals surface area contributed by atoms with Gasteiger partial charge in [0.25, 0.3) is 5.56 Å². The lowest BCUT2D eigenvalue weighted by Crippen LogP contribution is -2.31. The van der Waals surface area contributed by atoms with Crippen molar-refractivity contribution in [1.29, 1.82) is 0 Å². The van der Waals surface area contributed by atoms with Crippen LogP contribution in [0.4, 0.5) is 5.69 Å². The molecule has 0 aliphatic rings. The van der Waals surface area contributed by atoms with E-state index in [1.165, 1.54) is 6.07 Å². The molecule has 0 fully saturated rings. The van der Waals surface area contributed by atoms with Gasteiger partial charge in [-0.25, -0.2) is 22.7 Å². The Labute approximate surface area is 201 Å². The second-order valence-corrected chi connectivity index (χ2v) is 9.34.